The first-order chi connectivity index (χ1) is 10.6. The van der Waals surface area contributed by atoms with E-state index in [0.717, 1.165) is 30.6 Å². The fraction of sp³-hybridized carbons (Fsp3) is 0.389. The SMILES string of the molecule is C[C@H](Cc1cccc(F)c1)C(=O)N1CCC[C@H]1c1ccc[nH]1. The first kappa shape index (κ1) is 14.8. The molecular formula is C18H21FN2O. The van der Waals surface area contributed by atoms with E-state index in [1.807, 2.05) is 36.2 Å². The Hall–Kier alpha value is -2.10. The molecule has 1 N–H and O–H groups in total. The van der Waals surface area contributed by atoms with Gasteiger partial charge in [-0.15, -0.1) is 0 Å². The normalized spacial score (nSPS) is 19.4. The van der Waals surface area contributed by atoms with Gasteiger partial charge in [0.15, 0.2) is 0 Å². The monoisotopic (exact) mass is 300 g/mol. The largest absolute Gasteiger partial charge is 0.363 e. The lowest BCUT2D eigenvalue weighted by Gasteiger charge is -2.27. The number of likely N-dealkylation sites (tertiary alicyclic amines) is 1. The third-order valence-electron chi connectivity index (χ3n) is 4.37. The Balaban J connectivity index is 1.70. The van der Waals surface area contributed by atoms with Crippen LogP contribution in [-0.2, 0) is 11.2 Å². The number of nitrogens with zero attached hydrogens (tertiary/aromatic N) is 1. The second-order valence-electron chi connectivity index (χ2n) is 6.05. The molecule has 1 aliphatic heterocycles. The van der Waals surface area contributed by atoms with Crippen molar-refractivity contribution >= 4 is 5.91 Å². The van der Waals surface area contributed by atoms with Crippen LogP contribution in [0, 0.1) is 11.7 Å². The van der Waals surface area contributed by atoms with Gasteiger partial charge in [-0.2, -0.15) is 0 Å². The van der Waals surface area contributed by atoms with Gasteiger partial charge in [0.1, 0.15) is 5.82 Å². The molecule has 4 heteroatoms. The third-order valence-corrected chi connectivity index (χ3v) is 4.37. The average molecular weight is 300 g/mol. The molecular weight excluding hydrogens is 279 g/mol. The van der Waals surface area contributed by atoms with Crippen molar-refractivity contribution in [3.8, 4) is 0 Å². The van der Waals surface area contributed by atoms with Gasteiger partial charge < -0.3 is 9.88 Å². The molecule has 2 heterocycles. The van der Waals surface area contributed by atoms with Crippen molar-refractivity contribution in [2.45, 2.75) is 32.2 Å². The second kappa shape index (κ2) is 6.34. The summed E-state index contributed by atoms with van der Waals surface area (Å²) in [5.74, 6) is -0.235. The van der Waals surface area contributed by atoms with Crippen LogP contribution >= 0.6 is 0 Å². The smallest absolute Gasteiger partial charge is 0.226 e. The van der Waals surface area contributed by atoms with Crippen molar-refractivity contribution in [3.05, 3.63) is 59.7 Å². The van der Waals surface area contributed by atoms with Crippen molar-refractivity contribution in [2.75, 3.05) is 6.54 Å². The zero-order chi connectivity index (χ0) is 15.5. The molecule has 1 aliphatic rings. The van der Waals surface area contributed by atoms with Crippen LogP contribution < -0.4 is 0 Å². The second-order valence-corrected chi connectivity index (χ2v) is 6.05. The summed E-state index contributed by atoms with van der Waals surface area (Å²) in [6.07, 6.45) is 4.50. The van der Waals surface area contributed by atoms with Crippen molar-refractivity contribution in [1.82, 2.24) is 9.88 Å². The molecule has 1 fully saturated rings. The molecule has 1 saturated heterocycles. The fourth-order valence-electron chi connectivity index (χ4n) is 3.29. The highest BCUT2D eigenvalue weighted by atomic mass is 19.1. The highest BCUT2D eigenvalue weighted by molar-refractivity contribution is 5.79. The number of aromatic nitrogens is 1. The number of H-pyrrole nitrogens is 1. The summed E-state index contributed by atoms with van der Waals surface area (Å²) >= 11 is 0. The lowest BCUT2D eigenvalue weighted by atomic mass is 9.99. The van der Waals surface area contributed by atoms with Gasteiger partial charge in [0.05, 0.1) is 6.04 Å². The molecule has 0 radical (unpaired) electrons. The standard InChI is InChI=1S/C18H21FN2O/c1-13(11-14-5-2-6-15(19)12-14)18(22)21-10-4-8-17(21)16-7-3-9-20-16/h2-3,5-7,9,12-13,17,20H,4,8,10-11H2,1H3/t13-,17+/m1/s1. The number of hydrogen-bond acceptors (Lipinski definition) is 1. The maximum atomic E-state index is 13.3. The predicted octanol–water partition coefficient (Wildman–Crippen LogP) is 3.70. The Morgan fingerprint density at radius 2 is 2.27 bits per heavy atom. The molecule has 0 saturated carbocycles. The van der Waals surface area contributed by atoms with Crippen molar-refractivity contribution in [2.24, 2.45) is 5.92 Å². The van der Waals surface area contributed by atoms with E-state index >= 15 is 0 Å². The first-order valence-corrected chi connectivity index (χ1v) is 7.83. The minimum atomic E-state index is -0.248. The van der Waals surface area contributed by atoms with E-state index in [9.17, 15) is 9.18 Å². The minimum absolute atomic E-state index is 0.141. The fourth-order valence-corrected chi connectivity index (χ4v) is 3.29. The molecule has 2 atom stereocenters. The van der Waals surface area contributed by atoms with Gasteiger partial charge in [-0.1, -0.05) is 19.1 Å². The summed E-state index contributed by atoms with van der Waals surface area (Å²) in [7, 11) is 0. The first-order valence-electron chi connectivity index (χ1n) is 7.83. The van der Waals surface area contributed by atoms with Gasteiger partial charge >= 0.3 is 0 Å². The van der Waals surface area contributed by atoms with Crippen LogP contribution in [0.15, 0.2) is 42.6 Å². The Bertz CT molecular complexity index is 638. The van der Waals surface area contributed by atoms with Crippen molar-refractivity contribution in [1.29, 1.82) is 0 Å². The minimum Gasteiger partial charge on any atom is -0.363 e. The van der Waals surface area contributed by atoms with E-state index in [1.165, 1.54) is 12.1 Å². The molecule has 22 heavy (non-hydrogen) atoms. The van der Waals surface area contributed by atoms with Crippen molar-refractivity contribution < 1.29 is 9.18 Å². The highest BCUT2D eigenvalue weighted by Gasteiger charge is 2.32. The van der Waals surface area contributed by atoms with Crippen LogP contribution in [0.4, 0.5) is 4.39 Å². The number of benzene rings is 1. The number of hydrogen-bond donors (Lipinski definition) is 1. The predicted molar refractivity (Wildman–Crippen MR) is 83.7 cm³/mol. The molecule has 3 rings (SSSR count). The number of carbonyl (C=O) groups is 1. The van der Waals surface area contributed by atoms with Gasteiger partial charge in [-0.25, -0.2) is 4.39 Å². The van der Waals surface area contributed by atoms with Crippen LogP contribution in [0.3, 0.4) is 0 Å². The van der Waals surface area contributed by atoms with Gasteiger partial charge in [-0.05, 0) is 49.1 Å². The highest BCUT2D eigenvalue weighted by Crippen LogP contribution is 2.32. The topological polar surface area (TPSA) is 36.1 Å². The van der Waals surface area contributed by atoms with E-state index in [-0.39, 0.29) is 23.7 Å². The lowest BCUT2D eigenvalue weighted by molar-refractivity contribution is -0.136. The van der Waals surface area contributed by atoms with Gasteiger partial charge in [0.2, 0.25) is 5.91 Å². The van der Waals surface area contributed by atoms with Crippen LogP contribution in [0.5, 0.6) is 0 Å². The maximum absolute atomic E-state index is 13.3. The molecule has 0 aliphatic carbocycles. The summed E-state index contributed by atoms with van der Waals surface area (Å²) in [4.78, 5) is 17.9. The summed E-state index contributed by atoms with van der Waals surface area (Å²) in [5, 5.41) is 0. The molecule has 0 unspecified atom stereocenters. The Morgan fingerprint density at radius 3 is 3.00 bits per heavy atom. The quantitative estimate of drug-likeness (QED) is 0.918. The molecule has 1 aromatic heterocycles. The summed E-state index contributed by atoms with van der Waals surface area (Å²) in [5.41, 5.74) is 1.97. The zero-order valence-corrected chi connectivity index (χ0v) is 12.8. The number of carbonyl (C=O) groups excluding carboxylic acids is 1. The van der Waals surface area contributed by atoms with Crippen molar-refractivity contribution in [3.63, 3.8) is 0 Å². The van der Waals surface area contributed by atoms with E-state index in [1.54, 1.807) is 6.07 Å². The van der Waals surface area contributed by atoms with Crippen LogP contribution in [-0.4, -0.2) is 22.3 Å². The number of halogens is 1. The average Bonchev–Trinajstić information content (AvgIpc) is 3.17. The summed E-state index contributed by atoms with van der Waals surface area (Å²) in [6, 6.07) is 10.7. The zero-order valence-electron chi connectivity index (χ0n) is 12.8. The van der Waals surface area contributed by atoms with E-state index in [0.29, 0.717) is 6.42 Å². The molecule has 2 aromatic rings. The molecule has 1 aromatic carbocycles. The molecule has 1 amide bonds. The molecule has 3 nitrogen and oxygen atoms in total. The maximum Gasteiger partial charge on any atom is 0.226 e. The number of amides is 1. The Morgan fingerprint density at radius 1 is 1.41 bits per heavy atom. The number of rotatable bonds is 4. The molecule has 0 bridgehead atoms. The van der Waals surface area contributed by atoms with E-state index in [4.69, 9.17) is 0 Å². The number of aromatic amines is 1. The van der Waals surface area contributed by atoms with Gasteiger partial charge in [0.25, 0.3) is 0 Å². The molecule has 116 valence electrons. The summed E-state index contributed by atoms with van der Waals surface area (Å²) in [6.45, 7) is 2.73. The summed E-state index contributed by atoms with van der Waals surface area (Å²) < 4.78 is 13.3. The Kier molecular flexibility index (Phi) is 4.27. The van der Waals surface area contributed by atoms with Crippen LogP contribution in [0.25, 0.3) is 0 Å². The lowest BCUT2D eigenvalue weighted by Crippen LogP contribution is -2.35. The van der Waals surface area contributed by atoms with E-state index < -0.39 is 0 Å². The van der Waals surface area contributed by atoms with E-state index in [2.05, 4.69) is 4.98 Å². The molecule has 0 spiro atoms. The van der Waals surface area contributed by atoms with Crippen LogP contribution in [0.2, 0.25) is 0 Å². The van der Waals surface area contributed by atoms with Crippen LogP contribution in [0.1, 0.15) is 37.1 Å². The third kappa shape index (κ3) is 3.06. The number of nitrogens with one attached hydrogen (secondary N) is 1. The van der Waals surface area contributed by atoms with Gasteiger partial charge in [-0.3, -0.25) is 4.79 Å². The Labute approximate surface area is 130 Å². The van der Waals surface area contributed by atoms with Gasteiger partial charge in [0, 0.05) is 24.4 Å².